The molecule has 0 N–H and O–H groups in total. The molecule has 0 saturated carbocycles. The predicted molar refractivity (Wildman–Crippen MR) is 69.4 cm³/mol. The third-order valence-electron chi connectivity index (χ3n) is 2.61. The first kappa shape index (κ1) is 12.5. The number of rotatable bonds is 4. The van der Waals surface area contributed by atoms with E-state index in [9.17, 15) is 0 Å². The zero-order valence-electron chi connectivity index (χ0n) is 8.81. The topological polar surface area (TPSA) is 0 Å². The van der Waals surface area contributed by atoms with Gasteiger partial charge in [-0.25, -0.2) is 0 Å². The summed E-state index contributed by atoms with van der Waals surface area (Å²) in [6, 6.07) is 2.16. The molecule has 1 atom stereocenters. The van der Waals surface area contributed by atoms with Crippen molar-refractivity contribution in [2.24, 2.45) is 5.92 Å². The molecule has 1 aromatic heterocycles. The number of thiophene rings is 1. The van der Waals surface area contributed by atoms with Gasteiger partial charge in [-0.15, -0.1) is 22.9 Å². The lowest BCUT2D eigenvalue weighted by atomic mass is 9.98. The minimum Gasteiger partial charge on any atom is -0.143 e. The second-order valence-corrected chi connectivity index (χ2v) is 6.14. The maximum Gasteiger partial charge on any atom is 0.0707 e. The molecular formula is C11H16BrClS. The fraction of sp³-hybridized carbons (Fsp3) is 0.636. The quantitative estimate of drug-likeness (QED) is 0.640. The second-order valence-electron chi connectivity index (χ2n) is 3.53. The first-order chi connectivity index (χ1) is 6.60. The standard InChI is InChI=1S/C11H16BrClS/c1-4-8(5-2)11(13)10-6-9(12)7(3)14-10/h6,8,11H,4-5H2,1-3H3. The summed E-state index contributed by atoms with van der Waals surface area (Å²) in [7, 11) is 0. The molecule has 0 bridgehead atoms. The van der Waals surface area contributed by atoms with Crippen LogP contribution in [0.1, 0.15) is 41.8 Å². The van der Waals surface area contributed by atoms with Crippen LogP contribution in [-0.4, -0.2) is 0 Å². The Morgan fingerprint density at radius 3 is 2.36 bits per heavy atom. The van der Waals surface area contributed by atoms with Gasteiger partial charge < -0.3 is 0 Å². The molecule has 3 heteroatoms. The number of aryl methyl sites for hydroxylation is 1. The molecule has 0 aliphatic heterocycles. The van der Waals surface area contributed by atoms with Crippen LogP contribution in [0.2, 0.25) is 0 Å². The molecule has 0 radical (unpaired) electrons. The first-order valence-electron chi connectivity index (χ1n) is 5.00. The van der Waals surface area contributed by atoms with Crippen LogP contribution in [0.5, 0.6) is 0 Å². The molecule has 80 valence electrons. The average Bonchev–Trinajstić information content (AvgIpc) is 2.49. The predicted octanol–water partition coefficient (Wildman–Crippen LogP) is 5.54. The van der Waals surface area contributed by atoms with Gasteiger partial charge in [0.05, 0.1) is 5.38 Å². The van der Waals surface area contributed by atoms with Crippen LogP contribution < -0.4 is 0 Å². The SMILES string of the molecule is CCC(CC)C(Cl)c1cc(Br)c(C)s1. The molecule has 0 aliphatic rings. The molecule has 0 spiro atoms. The molecule has 1 rings (SSSR count). The molecule has 0 amide bonds. The van der Waals surface area contributed by atoms with Gasteiger partial charge in [0.2, 0.25) is 0 Å². The van der Waals surface area contributed by atoms with Gasteiger partial charge in [0.15, 0.2) is 0 Å². The van der Waals surface area contributed by atoms with Crippen LogP contribution in [0.15, 0.2) is 10.5 Å². The lowest BCUT2D eigenvalue weighted by molar-refractivity contribution is 0.479. The van der Waals surface area contributed by atoms with E-state index in [1.54, 1.807) is 11.3 Å². The number of hydrogen-bond donors (Lipinski definition) is 0. The van der Waals surface area contributed by atoms with E-state index in [1.165, 1.54) is 14.2 Å². The van der Waals surface area contributed by atoms with Gasteiger partial charge in [-0.1, -0.05) is 26.7 Å². The zero-order chi connectivity index (χ0) is 10.7. The van der Waals surface area contributed by atoms with Crippen LogP contribution in [0.25, 0.3) is 0 Å². The molecule has 0 saturated heterocycles. The van der Waals surface area contributed by atoms with E-state index < -0.39 is 0 Å². The van der Waals surface area contributed by atoms with Crippen LogP contribution >= 0.6 is 38.9 Å². The Kier molecular flexibility index (Phi) is 4.95. The van der Waals surface area contributed by atoms with Crippen molar-refractivity contribution >= 4 is 38.9 Å². The van der Waals surface area contributed by atoms with E-state index in [1.807, 2.05) is 0 Å². The molecule has 0 nitrogen and oxygen atoms in total. The Bertz CT molecular complexity index is 272. The lowest BCUT2D eigenvalue weighted by Gasteiger charge is -2.17. The summed E-state index contributed by atoms with van der Waals surface area (Å²) in [5.74, 6) is 0.599. The molecule has 1 heterocycles. The van der Waals surface area contributed by atoms with Gasteiger partial charge in [-0.2, -0.15) is 0 Å². The van der Waals surface area contributed by atoms with Gasteiger partial charge in [0.1, 0.15) is 0 Å². The summed E-state index contributed by atoms with van der Waals surface area (Å²) >= 11 is 11.8. The van der Waals surface area contributed by atoms with Crippen molar-refractivity contribution in [1.29, 1.82) is 0 Å². The highest BCUT2D eigenvalue weighted by atomic mass is 79.9. The Morgan fingerprint density at radius 2 is 2.00 bits per heavy atom. The smallest absolute Gasteiger partial charge is 0.0707 e. The van der Waals surface area contributed by atoms with E-state index in [2.05, 4.69) is 42.8 Å². The summed E-state index contributed by atoms with van der Waals surface area (Å²) in [6.07, 6.45) is 2.30. The van der Waals surface area contributed by atoms with Crippen LogP contribution in [0.4, 0.5) is 0 Å². The summed E-state index contributed by atoms with van der Waals surface area (Å²) in [4.78, 5) is 2.61. The zero-order valence-corrected chi connectivity index (χ0v) is 12.0. The summed E-state index contributed by atoms with van der Waals surface area (Å²) < 4.78 is 1.19. The minimum absolute atomic E-state index is 0.181. The Morgan fingerprint density at radius 1 is 1.43 bits per heavy atom. The maximum atomic E-state index is 6.45. The molecule has 0 fully saturated rings. The Balaban J connectivity index is 2.82. The van der Waals surface area contributed by atoms with Gasteiger partial charge in [0.25, 0.3) is 0 Å². The number of alkyl halides is 1. The largest absolute Gasteiger partial charge is 0.143 e. The first-order valence-corrected chi connectivity index (χ1v) is 7.04. The fourth-order valence-electron chi connectivity index (χ4n) is 1.55. The van der Waals surface area contributed by atoms with Crippen LogP contribution in [0.3, 0.4) is 0 Å². The van der Waals surface area contributed by atoms with Gasteiger partial charge >= 0.3 is 0 Å². The van der Waals surface area contributed by atoms with Crippen molar-refractivity contribution < 1.29 is 0 Å². The number of halogens is 2. The number of hydrogen-bond acceptors (Lipinski definition) is 1. The van der Waals surface area contributed by atoms with Crippen molar-refractivity contribution in [3.8, 4) is 0 Å². The molecule has 1 aromatic rings. The summed E-state index contributed by atoms with van der Waals surface area (Å²) in [6.45, 7) is 6.53. The highest BCUT2D eigenvalue weighted by Gasteiger charge is 2.20. The molecule has 0 aliphatic carbocycles. The van der Waals surface area contributed by atoms with Crippen molar-refractivity contribution in [1.82, 2.24) is 0 Å². The van der Waals surface area contributed by atoms with E-state index >= 15 is 0 Å². The molecular weight excluding hydrogens is 280 g/mol. The minimum atomic E-state index is 0.181. The van der Waals surface area contributed by atoms with Crippen LogP contribution in [0, 0.1) is 12.8 Å². The lowest BCUT2D eigenvalue weighted by Crippen LogP contribution is -2.03. The molecule has 0 aromatic carbocycles. The van der Waals surface area contributed by atoms with Crippen molar-refractivity contribution in [3.63, 3.8) is 0 Å². The maximum absolute atomic E-state index is 6.45. The molecule has 1 unspecified atom stereocenters. The normalized spacial score (nSPS) is 13.6. The van der Waals surface area contributed by atoms with Crippen molar-refractivity contribution in [2.75, 3.05) is 0 Å². The monoisotopic (exact) mass is 294 g/mol. The van der Waals surface area contributed by atoms with E-state index in [-0.39, 0.29) is 5.38 Å². The summed E-state index contributed by atoms with van der Waals surface area (Å²) in [5.41, 5.74) is 0. The third-order valence-corrected chi connectivity index (χ3v) is 5.55. The third kappa shape index (κ3) is 2.74. The van der Waals surface area contributed by atoms with E-state index in [4.69, 9.17) is 11.6 Å². The average molecular weight is 296 g/mol. The van der Waals surface area contributed by atoms with Crippen molar-refractivity contribution in [3.05, 3.63) is 20.3 Å². The van der Waals surface area contributed by atoms with Crippen LogP contribution in [-0.2, 0) is 0 Å². The Hall–Kier alpha value is 0.470. The van der Waals surface area contributed by atoms with E-state index in [0.717, 1.165) is 12.8 Å². The highest BCUT2D eigenvalue weighted by Crippen LogP contribution is 2.39. The molecule has 14 heavy (non-hydrogen) atoms. The second kappa shape index (κ2) is 5.53. The van der Waals surface area contributed by atoms with Gasteiger partial charge in [-0.3, -0.25) is 0 Å². The van der Waals surface area contributed by atoms with Gasteiger partial charge in [0, 0.05) is 14.2 Å². The Labute approximate surface area is 104 Å². The highest BCUT2D eigenvalue weighted by molar-refractivity contribution is 9.10. The summed E-state index contributed by atoms with van der Waals surface area (Å²) in [5, 5.41) is 0.181. The fourth-order valence-corrected chi connectivity index (χ4v) is 3.74. The van der Waals surface area contributed by atoms with E-state index in [0.29, 0.717) is 5.92 Å². The van der Waals surface area contributed by atoms with Crippen molar-refractivity contribution in [2.45, 2.75) is 39.0 Å². The van der Waals surface area contributed by atoms with Gasteiger partial charge in [-0.05, 0) is 34.8 Å².